The lowest BCUT2D eigenvalue weighted by Gasteiger charge is -2.07. The minimum Gasteiger partial charge on any atom is -0.183 e. The summed E-state index contributed by atoms with van der Waals surface area (Å²) in [6.07, 6.45) is 7.63. The molecule has 0 nitrogen and oxygen atoms in total. The minimum atomic E-state index is 1.03. The zero-order valence-corrected chi connectivity index (χ0v) is 14.6. The van der Waals surface area contributed by atoms with Crippen molar-refractivity contribution in [1.29, 1.82) is 0 Å². The van der Waals surface area contributed by atoms with E-state index in [-0.39, 0.29) is 0 Å². The lowest BCUT2D eigenvalue weighted by molar-refractivity contribution is 0.945. The molecule has 1 rings (SSSR count). The smallest absolute Gasteiger partial charge is 0.0215 e. The molecule has 0 atom stereocenters. The number of aryl methyl sites for hydroxylation is 2. The highest BCUT2D eigenvalue weighted by molar-refractivity contribution is 7.79. The van der Waals surface area contributed by atoms with E-state index in [4.69, 9.17) is 0 Å². The third-order valence-corrected chi connectivity index (χ3v) is 2.98. The first-order valence-corrected chi connectivity index (χ1v) is 8.02. The number of rotatable bonds is 5. The quantitative estimate of drug-likeness (QED) is 0.485. The van der Waals surface area contributed by atoms with Crippen LogP contribution in [-0.4, -0.2) is 6.26 Å². The molecule has 0 N–H and O–H groups in total. The van der Waals surface area contributed by atoms with Crippen LogP contribution in [0.3, 0.4) is 0 Å². The molecule has 20 heavy (non-hydrogen) atoms. The van der Waals surface area contributed by atoms with Crippen molar-refractivity contribution in [2.24, 2.45) is 0 Å². The lowest BCUT2D eigenvalue weighted by atomic mass is 9.98. The molecule has 0 unspecified atom stereocenters. The Kier molecular flexibility index (Phi) is 15.0. The molecule has 1 aromatic rings. The van der Waals surface area contributed by atoms with Gasteiger partial charge in [-0.3, -0.25) is 0 Å². The molecular weight excluding hydrogens is 260 g/mol. The molecule has 0 aliphatic carbocycles. The first kappa shape index (κ1) is 21.1. The van der Waals surface area contributed by atoms with Crippen LogP contribution in [0.5, 0.6) is 0 Å². The van der Waals surface area contributed by atoms with E-state index < -0.39 is 0 Å². The Balaban J connectivity index is 0. The first-order chi connectivity index (χ1) is 9.69. The molecule has 0 saturated carbocycles. The molecule has 0 heterocycles. The van der Waals surface area contributed by atoms with Gasteiger partial charge in [0.1, 0.15) is 0 Å². The van der Waals surface area contributed by atoms with Gasteiger partial charge >= 0.3 is 0 Å². The van der Waals surface area contributed by atoms with E-state index in [1.807, 2.05) is 26.0 Å². The second-order valence-corrected chi connectivity index (χ2v) is 4.04. The Morgan fingerprint density at radius 3 is 2.10 bits per heavy atom. The van der Waals surface area contributed by atoms with E-state index in [0.29, 0.717) is 0 Å². The van der Waals surface area contributed by atoms with Gasteiger partial charge in [-0.05, 0) is 55.2 Å². The fourth-order valence-electron chi connectivity index (χ4n) is 1.75. The zero-order valence-electron chi connectivity index (χ0n) is 13.7. The van der Waals surface area contributed by atoms with Crippen molar-refractivity contribution in [2.75, 3.05) is 6.26 Å². The van der Waals surface area contributed by atoms with Gasteiger partial charge in [-0.1, -0.05) is 63.4 Å². The van der Waals surface area contributed by atoms with Crippen LogP contribution in [0.1, 0.15) is 38.3 Å². The normalized spacial score (nSPS) is 10.1. The molecule has 0 spiro atoms. The predicted molar refractivity (Wildman–Crippen MR) is 98.9 cm³/mol. The van der Waals surface area contributed by atoms with Crippen LogP contribution in [-0.2, 0) is 6.42 Å². The van der Waals surface area contributed by atoms with Gasteiger partial charge in [-0.25, -0.2) is 0 Å². The standard InChI is InChI=1S/C16H20.C2H6.CH4S/c1-5-13(3)15(6-2)11-12-16-10-8-7-9-14(16)4;2*1-2/h5-10H,1-2,11-12H2,3-4H3;1-2H3;2H,1H3/b15-13+;;. The van der Waals surface area contributed by atoms with E-state index in [1.165, 1.54) is 22.3 Å². The first-order valence-electron chi connectivity index (χ1n) is 7.13. The van der Waals surface area contributed by atoms with Gasteiger partial charge in [0.15, 0.2) is 0 Å². The van der Waals surface area contributed by atoms with Crippen molar-refractivity contribution in [3.8, 4) is 0 Å². The van der Waals surface area contributed by atoms with Gasteiger partial charge < -0.3 is 0 Å². The Hall–Kier alpha value is -1.21. The molecule has 0 radical (unpaired) electrons. The highest BCUT2D eigenvalue weighted by Crippen LogP contribution is 2.16. The molecule has 0 aromatic heterocycles. The van der Waals surface area contributed by atoms with Crippen molar-refractivity contribution in [1.82, 2.24) is 0 Å². The maximum Gasteiger partial charge on any atom is -0.0215 e. The van der Waals surface area contributed by atoms with E-state index in [2.05, 4.69) is 63.9 Å². The summed E-state index contributed by atoms with van der Waals surface area (Å²) in [5, 5.41) is 0. The summed E-state index contributed by atoms with van der Waals surface area (Å²) >= 11 is 3.53. The second kappa shape index (κ2) is 14.2. The van der Waals surface area contributed by atoms with Gasteiger partial charge in [0, 0.05) is 0 Å². The highest BCUT2D eigenvalue weighted by atomic mass is 32.1. The van der Waals surface area contributed by atoms with Crippen molar-refractivity contribution < 1.29 is 0 Å². The van der Waals surface area contributed by atoms with E-state index in [1.54, 1.807) is 6.26 Å². The lowest BCUT2D eigenvalue weighted by Crippen LogP contribution is -1.92. The molecule has 1 heteroatoms. The fraction of sp³-hybridized carbons (Fsp3) is 0.368. The van der Waals surface area contributed by atoms with Crippen LogP contribution in [0.15, 0.2) is 60.7 Å². The van der Waals surface area contributed by atoms with Crippen LogP contribution < -0.4 is 0 Å². The SMILES string of the molecule is C=C/C(C)=C(\C=C)CCc1ccccc1C.CC.CS. The number of allylic oxidation sites excluding steroid dienone is 4. The summed E-state index contributed by atoms with van der Waals surface area (Å²) in [5.41, 5.74) is 5.29. The number of thiol groups is 1. The summed E-state index contributed by atoms with van der Waals surface area (Å²) in [5.74, 6) is 0. The maximum absolute atomic E-state index is 3.86. The van der Waals surface area contributed by atoms with Crippen molar-refractivity contribution in [3.05, 3.63) is 71.8 Å². The topological polar surface area (TPSA) is 0 Å². The molecule has 0 fully saturated rings. The average Bonchev–Trinajstić information content (AvgIpc) is 2.53. The van der Waals surface area contributed by atoms with Gasteiger partial charge in [0.25, 0.3) is 0 Å². The Labute approximate surface area is 131 Å². The van der Waals surface area contributed by atoms with Crippen LogP contribution in [0.25, 0.3) is 0 Å². The number of hydrogen-bond acceptors (Lipinski definition) is 1. The van der Waals surface area contributed by atoms with Gasteiger partial charge in [0.05, 0.1) is 0 Å². The molecule has 0 aliphatic heterocycles. The summed E-state index contributed by atoms with van der Waals surface area (Å²) in [6.45, 7) is 15.9. The number of hydrogen-bond donors (Lipinski definition) is 1. The molecule has 0 saturated heterocycles. The largest absolute Gasteiger partial charge is 0.183 e. The Morgan fingerprint density at radius 1 is 1.10 bits per heavy atom. The third-order valence-electron chi connectivity index (χ3n) is 2.98. The van der Waals surface area contributed by atoms with E-state index in [0.717, 1.165) is 12.8 Å². The average molecular weight is 291 g/mol. The Morgan fingerprint density at radius 2 is 1.65 bits per heavy atom. The fourth-order valence-corrected chi connectivity index (χ4v) is 1.75. The van der Waals surface area contributed by atoms with Crippen molar-refractivity contribution in [3.63, 3.8) is 0 Å². The highest BCUT2D eigenvalue weighted by Gasteiger charge is 2.00. The van der Waals surface area contributed by atoms with Gasteiger partial charge in [0.2, 0.25) is 0 Å². The monoisotopic (exact) mass is 290 g/mol. The molecule has 0 bridgehead atoms. The molecule has 1 aromatic carbocycles. The van der Waals surface area contributed by atoms with Crippen LogP contribution in [0.4, 0.5) is 0 Å². The van der Waals surface area contributed by atoms with Gasteiger partial charge in [-0.15, -0.1) is 0 Å². The van der Waals surface area contributed by atoms with Crippen LogP contribution in [0, 0.1) is 6.92 Å². The zero-order chi connectivity index (χ0) is 16.0. The van der Waals surface area contributed by atoms with Crippen LogP contribution >= 0.6 is 12.6 Å². The molecule has 0 aliphatic rings. The minimum absolute atomic E-state index is 1.03. The van der Waals surface area contributed by atoms with Gasteiger partial charge in [-0.2, -0.15) is 12.6 Å². The maximum atomic E-state index is 3.86. The predicted octanol–water partition coefficient (Wildman–Crippen LogP) is 6.19. The summed E-state index contributed by atoms with van der Waals surface area (Å²) in [4.78, 5) is 0. The third kappa shape index (κ3) is 8.06. The van der Waals surface area contributed by atoms with E-state index >= 15 is 0 Å². The number of benzene rings is 1. The summed E-state index contributed by atoms with van der Waals surface area (Å²) in [6, 6.07) is 8.53. The molecular formula is C19H30S. The van der Waals surface area contributed by atoms with Crippen molar-refractivity contribution >= 4 is 12.6 Å². The summed E-state index contributed by atoms with van der Waals surface area (Å²) < 4.78 is 0. The Bertz CT molecular complexity index is 414. The second-order valence-electron chi connectivity index (χ2n) is 4.04. The van der Waals surface area contributed by atoms with E-state index in [9.17, 15) is 0 Å². The summed E-state index contributed by atoms with van der Waals surface area (Å²) in [7, 11) is 0. The van der Waals surface area contributed by atoms with Crippen LogP contribution in [0.2, 0.25) is 0 Å². The van der Waals surface area contributed by atoms with Crippen molar-refractivity contribution in [2.45, 2.75) is 40.5 Å². The molecule has 112 valence electrons. The molecule has 0 amide bonds.